The van der Waals surface area contributed by atoms with Crippen molar-refractivity contribution in [2.45, 2.75) is 6.61 Å². The van der Waals surface area contributed by atoms with Crippen LogP contribution in [0.2, 0.25) is 0 Å². The summed E-state index contributed by atoms with van der Waals surface area (Å²) in [7, 11) is -1.19. The maximum atomic E-state index is 14.4. The van der Waals surface area contributed by atoms with Crippen molar-refractivity contribution in [2.75, 3.05) is 5.32 Å². The third kappa shape index (κ3) is 3.33. The first-order chi connectivity index (χ1) is 13.5. The molecule has 0 saturated heterocycles. The van der Waals surface area contributed by atoms with Crippen molar-refractivity contribution in [3.8, 4) is 0 Å². The van der Waals surface area contributed by atoms with Gasteiger partial charge in [-0.1, -0.05) is 42.5 Å². The van der Waals surface area contributed by atoms with E-state index in [0.29, 0.717) is 22.2 Å². The van der Waals surface area contributed by atoms with Gasteiger partial charge in [0.2, 0.25) is 0 Å². The molecular formula is C21H15BFNO4. The van der Waals surface area contributed by atoms with Crippen molar-refractivity contribution < 1.29 is 23.7 Å². The molecule has 0 bridgehead atoms. The van der Waals surface area contributed by atoms with E-state index >= 15 is 0 Å². The lowest BCUT2D eigenvalue weighted by atomic mass is 9.78. The van der Waals surface area contributed by atoms with Crippen LogP contribution in [0.4, 0.5) is 10.1 Å². The molecule has 1 aliphatic rings. The number of para-hydroxylation sites is 1. The first-order valence-electron chi connectivity index (χ1n) is 8.66. The highest BCUT2D eigenvalue weighted by atomic mass is 19.1. The highest BCUT2D eigenvalue weighted by Crippen LogP contribution is 2.21. The van der Waals surface area contributed by atoms with Crippen molar-refractivity contribution in [2.24, 2.45) is 0 Å². The summed E-state index contributed by atoms with van der Waals surface area (Å²) in [6.45, 7) is 0.0870. The molecule has 3 aromatic rings. The number of anilines is 1. The number of fused-ring (bicyclic) bond motifs is 1. The van der Waals surface area contributed by atoms with Crippen LogP contribution in [0.3, 0.4) is 0 Å². The minimum atomic E-state index is -1.19. The van der Waals surface area contributed by atoms with E-state index in [-0.39, 0.29) is 23.6 Å². The SMILES string of the molecule is O=C(Nc1ccccc1C(=O)c1ccccc1)c1cc2c(cc1F)COB2O. The van der Waals surface area contributed by atoms with E-state index in [9.17, 15) is 19.0 Å². The fourth-order valence-electron chi connectivity index (χ4n) is 3.14. The smallest absolute Gasteiger partial charge is 0.423 e. The van der Waals surface area contributed by atoms with Gasteiger partial charge in [-0.25, -0.2) is 4.39 Å². The topological polar surface area (TPSA) is 75.6 Å². The summed E-state index contributed by atoms with van der Waals surface area (Å²) >= 11 is 0. The average Bonchev–Trinajstić information content (AvgIpc) is 3.07. The predicted molar refractivity (Wildman–Crippen MR) is 103 cm³/mol. The lowest BCUT2D eigenvalue weighted by molar-refractivity contribution is 0.102. The maximum Gasteiger partial charge on any atom is 0.491 e. The molecule has 0 fully saturated rings. The first kappa shape index (κ1) is 18.1. The van der Waals surface area contributed by atoms with Crippen LogP contribution < -0.4 is 10.8 Å². The van der Waals surface area contributed by atoms with E-state index in [4.69, 9.17) is 4.65 Å². The van der Waals surface area contributed by atoms with Gasteiger partial charge in [0, 0.05) is 11.1 Å². The Morgan fingerprint density at radius 2 is 1.71 bits per heavy atom. The molecule has 2 N–H and O–H groups in total. The van der Waals surface area contributed by atoms with Gasteiger partial charge in [0.05, 0.1) is 17.9 Å². The van der Waals surface area contributed by atoms with Crippen molar-refractivity contribution in [3.05, 3.63) is 94.8 Å². The number of halogens is 1. The van der Waals surface area contributed by atoms with Crippen LogP contribution in [0.15, 0.2) is 66.7 Å². The second-order valence-electron chi connectivity index (χ2n) is 6.39. The van der Waals surface area contributed by atoms with Gasteiger partial charge in [-0.15, -0.1) is 0 Å². The van der Waals surface area contributed by atoms with Crippen LogP contribution in [-0.4, -0.2) is 23.8 Å². The van der Waals surface area contributed by atoms with E-state index in [2.05, 4.69) is 5.32 Å². The molecule has 0 aromatic heterocycles. The molecule has 28 heavy (non-hydrogen) atoms. The molecule has 1 amide bonds. The lowest BCUT2D eigenvalue weighted by Gasteiger charge is -2.12. The van der Waals surface area contributed by atoms with E-state index < -0.39 is 18.8 Å². The number of hydrogen-bond acceptors (Lipinski definition) is 4. The van der Waals surface area contributed by atoms with Crippen LogP contribution in [0.25, 0.3) is 0 Å². The summed E-state index contributed by atoms with van der Waals surface area (Å²) in [4.78, 5) is 25.4. The van der Waals surface area contributed by atoms with Gasteiger partial charge >= 0.3 is 7.12 Å². The summed E-state index contributed by atoms with van der Waals surface area (Å²) in [6, 6.07) is 17.7. The lowest BCUT2D eigenvalue weighted by Crippen LogP contribution is -2.30. The Morgan fingerprint density at radius 3 is 2.50 bits per heavy atom. The summed E-state index contributed by atoms with van der Waals surface area (Å²) in [6.07, 6.45) is 0. The number of amides is 1. The molecule has 138 valence electrons. The molecule has 0 spiro atoms. The van der Waals surface area contributed by atoms with Crippen molar-refractivity contribution in [1.29, 1.82) is 0 Å². The Balaban J connectivity index is 1.65. The number of benzene rings is 3. The summed E-state index contributed by atoms with van der Waals surface area (Å²) in [5.41, 5.74) is 1.69. The van der Waals surface area contributed by atoms with E-state index in [1.54, 1.807) is 54.6 Å². The van der Waals surface area contributed by atoms with Gasteiger partial charge in [-0.2, -0.15) is 0 Å². The highest BCUT2D eigenvalue weighted by Gasteiger charge is 2.30. The maximum absolute atomic E-state index is 14.4. The molecule has 0 atom stereocenters. The molecule has 0 aliphatic carbocycles. The summed E-state index contributed by atoms with van der Waals surface area (Å²) < 4.78 is 19.4. The third-order valence-corrected chi connectivity index (χ3v) is 4.59. The molecule has 0 saturated carbocycles. The summed E-state index contributed by atoms with van der Waals surface area (Å²) in [5, 5.41) is 12.4. The zero-order valence-corrected chi connectivity index (χ0v) is 14.7. The minimum Gasteiger partial charge on any atom is -0.423 e. The highest BCUT2D eigenvalue weighted by molar-refractivity contribution is 6.61. The predicted octanol–water partition coefficient (Wildman–Crippen LogP) is 2.53. The molecule has 3 aromatic carbocycles. The average molecular weight is 375 g/mol. The van der Waals surface area contributed by atoms with E-state index in [1.807, 2.05) is 0 Å². The number of nitrogens with one attached hydrogen (secondary N) is 1. The molecule has 0 radical (unpaired) electrons. The van der Waals surface area contributed by atoms with Gasteiger partial charge in [0.1, 0.15) is 5.82 Å². The molecule has 1 heterocycles. The van der Waals surface area contributed by atoms with E-state index in [0.717, 1.165) is 0 Å². The number of rotatable bonds is 4. The molecule has 1 aliphatic heterocycles. The van der Waals surface area contributed by atoms with Crippen molar-refractivity contribution in [3.63, 3.8) is 0 Å². The Morgan fingerprint density at radius 1 is 1.00 bits per heavy atom. The fraction of sp³-hybridized carbons (Fsp3) is 0.0476. The van der Waals surface area contributed by atoms with Crippen LogP contribution in [-0.2, 0) is 11.3 Å². The van der Waals surface area contributed by atoms with Gasteiger partial charge < -0.3 is 15.0 Å². The largest absolute Gasteiger partial charge is 0.491 e. The molecule has 5 nitrogen and oxygen atoms in total. The van der Waals surface area contributed by atoms with Crippen LogP contribution in [0.1, 0.15) is 31.8 Å². The number of carbonyl (C=O) groups is 2. The number of carbonyl (C=O) groups excluding carboxylic acids is 2. The molecule has 7 heteroatoms. The fourth-order valence-corrected chi connectivity index (χ4v) is 3.14. The Bertz CT molecular complexity index is 1070. The normalized spacial score (nSPS) is 12.6. The second-order valence-corrected chi connectivity index (χ2v) is 6.39. The Labute approximate surface area is 160 Å². The van der Waals surface area contributed by atoms with Gasteiger partial charge in [0.25, 0.3) is 5.91 Å². The molecule has 4 rings (SSSR count). The number of hydrogen-bond donors (Lipinski definition) is 2. The zero-order valence-electron chi connectivity index (χ0n) is 14.7. The van der Waals surface area contributed by atoms with E-state index in [1.165, 1.54) is 12.1 Å². The first-order valence-corrected chi connectivity index (χ1v) is 8.66. The Hall–Kier alpha value is -3.29. The monoisotopic (exact) mass is 375 g/mol. The zero-order chi connectivity index (χ0) is 19.7. The third-order valence-electron chi connectivity index (χ3n) is 4.59. The van der Waals surface area contributed by atoms with Crippen LogP contribution in [0, 0.1) is 5.82 Å². The molecular weight excluding hydrogens is 360 g/mol. The van der Waals surface area contributed by atoms with Crippen LogP contribution in [0.5, 0.6) is 0 Å². The van der Waals surface area contributed by atoms with Crippen LogP contribution >= 0.6 is 0 Å². The quantitative estimate of drug-likeness (QED) is 0.543. The van der Waals surface area contributed by atoms with Crippen molar-refractivity contribution >= 4 is 30.0 Å². The Kier molecular flexibility index (Phi) is 4.77. The second kappa shape index (κ2) is 7.38. The van der Waals surface area contributed by atoms with Gasteiger partial charge in [-0.05, 0) is 35.3 Å². The summed E-state index contributed by atoms with van der Waals surface area (Å²) in [5.74, 6) is -1.69. The van der Waals surface area contributed by atoms with Gasteiger partial charge in [0.15, 0.2) is 5.78 Å². The number of ketones is 1. The van der Waals surface area contributed by atoms with Crippen molar-refractivity contribution in [1.82, 2.24) is 0 Å². The standard InChI is InChI=1S/C21H15BFNO4/c23-18-10-14-12-28-22(27)17(14)11-16(18)21(26)24-19-9-5-4-8-15(19)20(25)13-6-2-1-3-7-13/h1-11,27H,12H2,(H,24,26). The molecule has 0 unspecified atom stereocenters. The van der Waals surface area contributed by atoms with Gasteiger partial charge in [-0.3, -0.25) is 9.59 Å². The minimum absolute atomic E-state index is 0.0870.